The average Bonchev–Trinajstić information content (AvgIpc) is 2.92. The molecule has 1 aromatic carbocycles. The van der Waals surface area contributed by atoms with E-state index >= 15 is 0 Å². The molecule has 2 aliphatic rings. The van der Waals surface area contributed by atoms with Crippen LogP contribution in [-0.4, -0.2) is 18.6 Å². The Labute approximate surface area is 132 Å². The molecule has 1 saturated carbocycles. The summed E-state index contributed by atoms with van der Waals surface area (Å²) in [6.45, 7) is 1.09. The van der Waals surface area contributed by atoms with Crippen LogP contribution in [0.25, 0.3) is 0 Å². The van der Waals surface area contributed by atoms with Gasteiger partial charge >= 0.3 is 0 Å². The molecule has 2 nitrogen and oxygen atoms in total. The van der Waals surface area contributed by atoms with E-state index in [-0.39, 0.29) is 6.04 Å². The van der Waals surface area contributed by atoms with Crippen LogP contribution in [0, 0.1) is 17.6 Å². The molecule has 5 heteroatoms. The second-order valence-corrected chi connectivity index (χ2v) is 7.00. The number of halogens is 3. The van der Waals surface area contributed by atoms with Crippen LogP contribution in [0.3, 0.4) is 0 Å². The Morgan fingerprint density at radius 3 is 2.67 bits per heavy atom. The summed E-state index contributed by atoms with van der Waals surface area (Å²) in [4.78, 5) is 0. The summed E-state index contributed by atoms with van der Waals surface area (Å²) in [5, 5.41) is 6.93. The Hall–Kier alpha value is -0.680. The van der Waals surface area contributed by atoms with E-state index in [1.54, 1.807) is 0 Å². The molecular formula is C16H21BrF2N2. The van der Waals surface area contributed by atoms with Gasteiger partial charge in [-0.2, -0.15) is 0 Å². The summed E-state index contributed by atoms with van der Waals surface area (Å²) < 4.78 is 27.6. The number of anilines is 1. The third-order valence-electron chi connectivity index (χ3n) is 4.77. The largest absolute Gasteiger partial charge is 0.379 e. The van der Waals surface area contributed by atoms with Crippen molar-refractivity contribution in [1.29, 1.82) is 0 Å². The van der Waals surface area contributed by atoms with Gasteiger partial charge in [-0.05, 0) is 60.1 Å². The van der Waals surface area contributed by atoms with Crippen LogP contribution in [0.15, 0.2) is 16.6 Å². The SMILES string of the molecule is Fc1cc(F)c(NC2CCCC2C2CCCCN2)c(Br)c1. The van der Waals surface area contributed by atoms with Crippen molar-refractivity contribution in [1.82, 2.24) is 5.32 Å². The summed E-state index contributed by atoms with van der Waals surface area (Å²) in [5.74, 6) is -0.548. The van der Waals surface area contributed by atoms with E-state index in [0.717, 1.165) is 19.0 Å². The van der Waals surface area contributed by atoms with Gasteiger partial charge in [0.05, 0.1) is 5.69 Å². The van der Waals surface area contributed by atoms with Gasteiger partial charge in [0.1, 0.15) is 11.6 Å². The lowest BCUT2D eigenvalue weighted by Crippen LogP contribution is -2.44. The minimum Gasteiger partial charge on any atom is -0.379 e. The van der Waals surface area contributed by atoms with Gasteiger partial charge in [-0.1, -0.05) is 12.8 Å². The van der Waals surface area contributed by atoms with E-state index in [4.69, 9.17) is 0 Å². The Morgan fingerprint density at radius 1 is 1.10 bits per heavy atom. The molecule has 1 aliphatic carbocycles. The smallest absolute Gasteiger partial charge is 0.150 e. The Balaban J connectivity index is 1.74. The van der Waals surface area contributed by atoms with Gasteiger partial charge in [0.25, 0.3) is 0 Å². The molecule has 1 aromatic rings. The van der Waals surface area contributed by atoms with Crippen molar-refractivity contribution in [3.8, 4) is 0 Å². The molecule has 3 unspecified atom stereocenters. The second-order valence-electron chi connectivity index (χ2n) is 6.15. The molecule has 0 bridgehead atoms. The highest BCUT2D eigenvalue weighted by Crippen LogP contribution is 2.36. The van der Waals surface area contributed by atoms with Gasteiger partial charge in [-0.3, -0.25) is 0 Å². The van der Waals surface area contributed by atoms with Crippen molar-refractivity contribution >= 4 is 21.6 Å². The minimum absolute atomic E-state index is 0.261. The van der Waals surface area contributed by atoms with Crippen molar-refractivity contribution in [2.24, 2.45) is 5.92 Å². The van der Waals surface area contributed by atoms with Crippen molar-refractivity contribution in [2.45, 2.75) is 50.6 Å². The van der Waals surface area contributed by atoms with Crippen LogP contribution in [-0.2, 0) is 0 Å². The molecule has 0 spiro atoms. The predicted molar refractivity (Wildman–Crippen MR) is 84.5 cm³/mol. The number of benzene rings is 1. The fraction of sp³-hybridized carbons (Fsp3) is 0.625. The molecule has 1 saturated heterocycles. The highest BCUT2D eigenvalue weighted by atomic mass is 79.9. The number of rotatable bonds is 3. The van der Waals surface area contributed by atoms with E-state index in [9.17, 15) is 8.78 Å². The first-order valence-corrected chi connectivity index (χ1v) is 8.59. The molecule has 0 amide bonds. The lowest BCUT2D eigenvalue weighted by molar-refractivity contribution is 0.286. The maximum absolute atomic E-state index is 14.0. The molecule has 0 radical (unpaired) electrons. The van der Waals surface area contributed by atoms with Crippen LogP contribution < -0.4 is 10.6 Å². The van der Waals surface area contributed by atoms with E-state index in [1.165, 1.54) is 38.2 Å². The number of nitrogens with one attached hydrogen (secondary N) is 2. The number of hydrogen-bond acceptors (Lipinski definition) is 2. The van der Waals surface area contributed by atoms with Crippen LogP contribution in [0.4, 0.5) is 14.5 Å². The summed E-state index contributed by atoms with van der Waals surface area (Å²) in [6.07, 6.45) is 7.12. The zero-order chi connectivity index (χ0) is 14.8. The zero-order valence-electron chi connectivity index (χ0n) is 12.0. The Morgan fingerprint density at radius 2 is 1.95 bits per heavy atom. The zero-order valence-corrected chi connectivity index (χ0v) is 13.6. The maximum atomic E-state index is 14.0. The van der Waals surface area contributed by atoms with Crippen LogP contribution in [0.2, 0.25) is 0 Å². The Kier molecular flexibility index (Phi) is 4.79. The van der Waals surface area contributed by atoms with Crippen molar-refractivity contribution < 1.29 is 8.78 Å². The van der Waals surface area contributed by atoms with Crippen molar-refractivity contribution in [2.75, 3.05) is 11.9 Å². The third kappa shape index (κ3) is 3.39. The molecule has 116 valence electrons. The molecule has 0 aromatic heterocycles. The van der Waals surface area contributed by atoms with Gasteiger partial charge < -0.3 is 10.6 Å². The standard InChI is InChI=1S/C16H21BrF2N2/c17-12-8-10(18)9-13(19)16(12)21-15-6-3-4-11(15)14-5-1-2-7-20-14/h8-9,11,14-15,20-21H,1-7H2. The average molecular weight is 359 g/mol. The van der Waals surface area contributed by atoms with E-state index in [1.807, 2.05) is 0 Å². The highest BCUT2D eigenvalue weighted by molar-refractivity contribution is 9.10. The molecule has 3 rings (SSSR count). The highest BCUT2D eigenvalue weighted by Gasteiger charge is 2.34. The molecular weight excluding hydrogens is 338 g/mol. The third-order valence-corrected chi connectivity index (χ3v) is 5.40. The van der Waals surface area contributed by atoms with Crippen LogP contribution >= 0.6 is 15.9 Å². The lowest BCUT2D eigenvalue weighted by atomic mass is 9.88. The minimum atomic E-state index is -0.554. The van der Waals surface area contributed by atoms with E-state index < -0.39 is 11.6 Å². The first kappa shape index (κ1) is 15.2. The summed E-state index contributed by atoms with van der Waals surface area (Å²) in [5.41, 5.74) is 0.393. The number of hydrogen-bond donors (Lipinski definition) is 2. The van der Waals surface area contributed by atoms with Gasteiger partial charge in [0.2, 0.25) is 0 Å². The normalized spacial score (nSPS) is 29.6. The topological polar surface area (TPSA) is 24.1 Å². The maximum Gasteiger partial charge on any atom is 0.150 e. The quantitative estimate of drug-likeness (QED) is 0.833. The monoisotopic (exact) mass is 358 g/mol. The van der Waals surface area contributed by atoms with Crippen molar-refractivity contribution in [3.05, 3.63) is 28.2 Å². The van der Waals surface area contributed by atoms with Crippen LogP contribution in [0.1, 0.15) is 38.5 Å². The predicted octanol–water partition coefficient (Wildman–Crippen LogP) is 4.45. The fourth-order valence-corrected chi connectivity index (χ4v) is 4.28. The van der Waals surface area contributed by atoms with Gasteiger partial charge in [-0.25, -0.2) is 8.78 Å². The first-order chi connectivity index (χ1) is 10.1. The van der Waals surface area contributed by atoms with Crippen molar-refractivity contribution in [3.63, 3.8) is 0 Å². The summed E-state index contributed by atoms with van der Waals surface area (Å²) >= 11 is 3.26. The fourth-order valence-electron chi connectivity index (χ4n) is 3.76. The van der Waals surface area contributed by atoms with Crippen LogP contribution in [0.5, 0.6) is 0 Å². The van der Waals surface area contributed by atoms with Gasteiger partial charge in [0, 0.05) is 22.6 Å². The van der Waals surface area contributed by atoms with Gasteiger partial charge in [-0.15, -0.1) is 0 Å². The molecule has 1 aliphatic heterocycles. The molecule has 2 fully saturated rings. The van der Waals surface area contributed by atoms with Gasteiger partial charge in [0.15, 0.2) is 0 Å². The van der Waals surface area contributed by atoms with E-state index in [2.05, 4.69) is 26.6 Å². The first-order valence-electron chi connectivity index (χ1n) is 7.79. The molecule has 21 heavy (non-hydrogen) atoms. The summed E-state index contributed by atoms with van der Waals surface area (Å²) in [6, 6.07) is 3.04. The molecule has 1 heterocycles. The lowest BCUT2D eigenvalue weighted by Gasteiger charge is -2.33. The molecule has 2 N–H and O–H groups in total. The summed E-state index contributed by atoms with van der Waals surface area (Å²) in [7, 11) is 0. The van der Waals surface area contributed by atoms with E-state index in [0.29, 0.717) is 22.1 Å². The molecule has 3 atom stereocenters. The Bertz CT molecular complexity index is 480. The second kappa shape index (κ2) is 6.61. The number of piperidine rings is 1.